The van der Waals surface area contributed by atoms with Gasteiger partial charge in [-0.2, -0.15) is 10.2 Å². The summed E-state index contributed by atoms with van der Waals surface area (Å²) in [6.45, 7) is 9.17. The summed E-state index contributed by atoms with van der Waals surface area (Å²) in [5, 5.41) is 15.4. The second kappa shape index (κ2) is 12.1. The van der Waals surface area contributed by atoms with Crippen LogP contribution in [0.1, 0.15) is 28.7 Å². The molecule has 4 rings (SSSR count). The molecule has 3 aromatic rings. The third kappa shape index (κ3) is 6.49. The lowest BCUT2D eigenvalue weighted by Gasteiger charge is -2.34. The zero-order chi connectivity index (χ0) is 27.9. The monoisotopic (exact) mass is 526 g/mol. The maximum absolute atomic E-state index is 12.3. The Balaban J connectivity index is 1.64. The number of nitrogens with one attached hydrogen (secondary N) is 2. The van der Waals surface area contributed by atoms with Crippen LogP contribution < -0.4 is 26.0 Å². The molecule has 39 heavy (non-hydrogen) atoms. The summed E-state index contributed by atoms with van der Waals surface area (Å²) in [5.41, 5.74) is 8.40. The van der Waals surface area contributed by atoms with Gasteiger partial charge in [0.25, 0.3) is 5.91 Å². The van der Waals surface area contributed by atoms with Crippen LogP contribution in [0.2, 0.25) is 0 Å². The number of hydrogen-bond acceptors (Lipinski definition) is 9. The minimum Gasteiger partial charge on any atom is -0.436 e. The van der Waals surface area contributed by atoms with E-state index in [-0.39, 0.29) is 28.7 Å². The number of aromatic nitrogens is 2. The number of rotatable bonds is 9. The number of piperazine rings is 1. The Labute approximate surface area is 226 Å². The first-order valence-electron chi connectivity index (χ1n) is 12.5. The Kier molecular flexibility index (Phi) is 8.38. The molecule has 1 aliphatic heterocycles. The second-order valence-electron chi connectivity index (χ2n) is 8.97. The number of anilines is 4. The van der Waals surface area contributed by atoms with Gasteiger partial charge in [0.2, 0.25) is 11.8 Å². The molecule has 0 saturated carbocycles. The molecule has 0 spiro atoms. The molecule has 0 radical (unpaired) electrons. The quantitative estimate of drug-likeness (QED) is 0.356. The van der Waals surface area contributed by atoms with E-state index in [1.54, 1.807) is 6.07 Å². The summed E-state index contributed by atoms with van der Waals surface area (Å²) in [6, 6.07) is 14.5. The van der Waals surface area contributed by atoms with E-state index in [1.807, 2.05) is 31.2 Å². The number of likely N-dealkylation sites (N-methyl/N-ethyl adjacent to an activating group) is 1. The molecule has 2 amide bonds. The van der Waals surface area contributed by atoms with Gasteiger partial charge in [0, 0.05) is 49.3 Å². The lowest BCUT2D eigenvalue weighted by Crippen LogP contribution is -2.44. The van der Waals surface area contributed by atoms with Gasteiger partial charge >= 0.3 is 0 Å². The third-order valence-electron chi connectivity index (χ3n) is 6.26. The van der Waals surface area contributed by atoms with Gasteiger partial charge in [-0.25, -0.2) is 4.98 Å². The van der Waals surface area contributed by atoms with Gasteiger partial charge in [0.15, 0.2) is 11.5 Å². The molecule has 0 atom stereocenters. The molecule has 1 fully saturated rings. The molecule has 200 valence electrons. The Bertz CT molecular complexity index is 1420. The van der Waals surface area contributed by atoms with Crippen LogP contribution in [-0.2, 0) is 11.2 Å². The number of aryl methyl sites for hydroxylation is 1. The van der Waals surface area contributed by atoms with Crippen LogP contribution in [0, 0.1) is 11.3 Å². The zero-order valence-electron chi connectivity index (χ0n) is 21.9. The van der Waals surface area contributed by atoms with Crippen molar-refractivity contribution in [2.75, 3.05) is 48.8 Å². The number of hydrogen-bond donors (Lipinski definition) is 3. The molecule has 1 aromatic heterocycles. The number of benzene rings is 2. The van der Waals surface area contributed by atoms with Gasteiger partial charge < -0.3 is 30.9 Å². The number of ether oxygens (including phenoxy) is 1. The van der Waals surface area contributed by atoms with E-state index in [9.17, 15) is 14.9 Å². The van der Waals surface area contributed by atoms with Crippen molar-refractivity contribution in [1.29, 1.82) is 5.26 Å². The van der Waals surface area contributed by atoms with Crippen LogP contribution in [0.5, 0.6) is 11.6 Å². The summed E-state index contributed by atoms with van der Waals surface area (Å²) in [5.74, 6) is -0.764. The molecular weight excluding hydrogens is 496 g/mol. The maximum Gasteiger partial charge on any atom is 0.271 e. The van der Waals surface area contributed by atoms with Gasteiger partial charge in [0.1, 0.15) is 17.5 Å². The summed E-state index contributed by atoms with van der Waals surface area (Å²) in [6.07, 6.45) is 1.52. The number of carbonyl (C=O) groups excluding carboxylic acids is 2. The summed E-state index contributed by atoms with van der Waals surface area (Å²) < 4.78 is 6.02. The van der Waals surface area contributed by atoms with Crippen LogP contribution in [0.15, 0.2) is 55.1 Å². The Morgan fingerprint density at radius 1 is 1.13 bits per heavy atom. The normalized spacial score (nSPS) is 13.3. The Hall–Kier alpha value is -4.95. The van der Waals surface area contributed by atoms with Crippen molar-refractivity contribution in [3.05, 3.63) is 72.1 Å². The maximum atomic E-state index is 12.3. The van der Waals surface area contributed by atoms with E-state index in [0.717, 1.165) is 37.9 Å². The molecule has 2 heterocycles. The first kappa shape index (κ1) is 27.1. The molecule has 2 aromatic carbocycles. The van der Waals surface area contributed by atoms with Crippen molar-refractivity contribution in [2.24, 2.45) is 5.73 Å². The van der Waals surface area contributed by atoms with Crippen molar-refractivity contribution in [2.45, 2.75) is 13.3 Å². The fourth-order valence-electron chi connectivity index (χ4n) is 4.06. The predicted octanol–water partition coefficient (Wildman–Crippen LogP) is 3.42. The van der Waals surface area contributed by atoms with Crippen LogP contribution in [0.3, 0.4) is 0 Å². The summed E-state index contributed by atoms with van der Waals surface area (Å²) in [7, 11) is 2.11. The number of nitrogens with two attached hydrogens (primary N) is 1. The van der Waals surface area contributed by atoms with Crippen molar-refractivity contribution >= 4 is 34.7 Å². The summed E-state index contributed by atoms with van der Waals surface area (Å²) in [4.78, 5) is 37.5. The van der Waals surface area contributed by atoms with Crippen LogP contribution in [0.25, 0.3) is 0 Å². The first-order chi connectivity index (χ1) is 18.8. The fourth-order valence-corrected chi connectivity index (χ4v) is 4.06. The molecule has 1 saturated heterocycles. The fraction of sp³-hybridized carbons (Fsp3) is 0.250. The average molecular weight is 527 g/mol. The van der Waals surface area contributed by atoms with E-state index in [0.29, 0.717) is 23.5 Å². The number of nitriles is 1. The highest BCUT2D eigenvalue weighted by Gasteiger charge is 2.20. The predicted molar refractivity (Wildman–Crippen MR) is 149 cm³/mol. The lowest BCUT2D eigenvalue weighted by atomic mass is 10.2. The molecule has 11 heteroatoms. The van der Waals surface area contributed by atoms with E-state index in [1.165, 1.54) is 12.1 Å². The summed E-state index contributed by atoms with van der Waals surface area (Å²) >= 11 is 0. The highest BCUT2D eigenvalue weighted by molar-refractivity contribution is 5.99. The highest BCUT2D eigenvalue weighted by atomic mass is 16.5. The first-order valence-corrected chi connectivity index (χ1v) is 12.5. The van der Waals surface area contributed by atoms with Gasteiger partial charge in [-0.05, 0) is 55.9 Å². The van der Waals surface area contributed by atoms with E-state index in [4.69, 9.17) is 10.5 Å². The second-order valence-corrected chi connectivity index (χ2v) is 8.97. The number of nitrogens with zero attached hydrogens (tertiary/aromatic N) is 5. The molecule has 0 aliphatic carbocycles. The molecule has 11 nitrogen and oxygen atoms in total. The Morgan fingerprint density at radius 2 is 1.82 bits per heavy atom. The number of amides is 2. The average Bonchev–Trinajstić information content (AvgIpc) is 2.94. The number of primary amides is 1. The van der Waals surface area contributed by atoms with E-state index >= 15 is 0 Å². The third-order valence-corrected chi connectivity index (χ3v) is 6.26. The smallest absolute Gasteiger partial charge is 0.271 e. The molecule has 1 aliphatic rings. The Morgan fingerprint density at radius 3 is 2.44 bits per heavy atom. The standard InChI is InChI=1S/C28H30N8O3/c1-4-22-28(39-23-16-20(31-24(37)5-2)7-6-18(23)17-29)34-27(25(33-22)26(30)38)32-19-8-10-21(11-9-19)36-14-12-35(3)13-15-36/h5-11,16H,2,4,12-15H2,1,3H3,(H2,30,38)(H,31,37)(H,32,34). The highest BCUT2D eigenvalue weighted by Crippen LogP contribution is 2.31. The lowest BCUT2D eigenvalue weighted by molar-refractivity contribution is -0.111. The van der Waals surface area contributed by atoms with Gasteiger partial charge in [0.05, 0.1) is 5.56 Å². The SMILES string of the molecule is C=CC(=O)Nc1ccc(C#N)c(Oc2nc(Nc3ccc(N4CCN(C)CC4)cc3)c(C(N)=O)nc2CC)c1. The molecule has 0 bridgehead atoms. The van der Waals surface area contributed by atoms with E-state index in [2.05, 4.69) is 50.1 Å². The largest absolute Gasteiger partial charge is 0.436 e. The van der Waals surface area contributed by atoms with Crippen molar-refractivity contribution in [1.82, 2.24) is 14.9 Å². The number of carbonyl (C=O) groups is 2. The van der Waals surface area contributed by atoms with Crippen LogP contribution in [-0.4, -0.2) is 59.9 Å². The van der Waals surface area contributed by atoms with Crippen LogP contribution >= 0.6 is 0 Å². The van der Waals surface area contributed by atoms with E-state index < -0.39 is 11.8 Å². The molecule has 4 N–H and O–H groups in total. The minimum atomic E-state index is -0.743. The van der Waals surface area contributed by atoms with Crippen molar-refractivity contribution in [3.8, 4) is 17.7 Å². The molecule has 0 unspecified atom stereocenters. The van der Waals surface area contributed by atoms with Crippen molar-refractivity contribution < 1.29 is 14.3 Å². The van der Waals surface area contributed by atoms with Gasteiger partial charge in [-0.15, -0.1) is 0 Å². The zero-order valence-corrected chi connectivity index (χ0v) is 21.9. The van der Waals surface area contributed by atoms with Gasteiger partial charge in [-0.1, -0.05) is 13.5 Å². The molecular formula is C28H30N8O3. The van der Waals surface area contributed by atoms with Crippen LogP contribution in [0.4, 0.5) is 22.9 Å². The van der Waals surface area contributed by atoms with Gasteiger partial charge in [-0.3, -0.25) is 9.59 Å². The minimum absolute atomic E-state index is 0.0325. The van der Waals surface area contributed by atoms with Crippen molar-refractivity contribution in [3.63, 3.8) is 0 Å². The topological polar surface area (TPSA) is 150 Å².